The zero-order valence-electron chi connectivity index (χ0n) is 7.59. The number of aromatic nitrogens is 2. The quantitative estimate of drug-likeness (QED) is 0.684. The molecular weight excluding hydrogens is 209 g/mol. The van der Waals surface area contributed by atoms with Crippen LogP contribution in [0.1, 0.15) is 5.82 Å². The van der Waals surface area contributed by atoms with E-state index in [9.17, 15) is 13.2 Å². The molecule has 1 aromatic heterocycles. The summed E-state index contributed by atoms with van der Waals surface area (Å²) in [6.45, 7) is 1.51. The fourth-order valence-corrected chi connectivity index (χ4v) is 1.12. The van der Waals surface area contributed by atoms with Gasteiger partial charge in [0, 0.05) is 6.07 Å². The largest absolute Gasteiger partial charge is 0.334 e. The molecule has 0 unspecified atom stereocenters. The van der Waals surface area contributed by atoms with Gasteiger partial charge in [0.2, 0.25) is 0 Å². The molecule has 0 spiro atoms. The van der Waals surface area contributed by atoms with Crippen LogP contribution in [0.4, 0.5) is 13.2 Å². The molecule has 0 saturated heterocycles. The molecule has 78 valence electrons. The first-order chi connectivity index (χ1) is 7.08. The van der Waals surface area contributed by atoms with Gasteiger partial charge in [0.25, 0.3) is 5.89 Å². The highest BCUT2D eigenvalue weighted by atomic mass is 19.2. The smallest absolute Gasteiger partial charge is 0.261 e. The third-order valence-corrected chi connectivity index (χ3v) is 1.75. The summed E-state index contributed by atoms with van der Waals surface area (Å²) in [5, 5.41) is 3.40. The number of halogens is 3. The summed E-state index contributed by atoms with van der Waals surface area (Å²) in [6.07, 6.45) is 0. The average molecular weight is 214 g/mol. The van der Waals surface area contributed by atoms with Gasteiger partial charge in [-0.05, 0) is 13.0 Å². The van der Waals surface area contributed by atoms with E-state index >= 15 is 0 Å². The van der Waals surface area contributed by atoms with Gasteiger partial charge in [-0.25, -0.2) is 13.2 Å². The van der Waals surface area contributed by atoms with Crippen LogP contribution >= 0.6 is 0 Å². The molecule has 0 bridgehead atoms. The zero-order chi connectivity index (χ0) is 11.0. The van der Waals surface area contributed by atoms with Crippen molar-refractivity contribution in [2.45, 2.75) is 6.92 Å². The number of hydrogen-bond acceptors (Lipinski definition) is 3. The monoisotopic (exact) mass is 214 g/mol. The third-order valence-electron chi connectivity index (χ3n) is 1.75. The minimum Gasteiger partial charge on any atom is -0.334 e. The van der Waals surface area contributed by atoms with Crippen LogP contribution in [0, 0.1) is 24.4 Å². The third kappa shape index (κ3) is 1.70. The van der Waals surface area contributed by atoms with Gasteiger partial charge in [-0.2, -0.15) is 4.98 Å². The van der Waals surface area contributed by atoms with Gasteiger partial charge < -0.3 is 4.52 Å². The lowest BCUT2D eigenvalue weighted by atomic mass is 10.2. The second-order valence-electron chi connectivity index (χ2n) is 2.90. The molecule has 0 saturated carbocycles. The SMILES string of the molecule is Cc1noc(-c2cc(F)cc(F)c2F)n1. The predicted octanol–water partition coefficient (Wildman–Crippen LogP) is 2.46. The summed E-state index contributed by atoms with van der Waals surface area (Å²) < 4.78 is 43.4. The van der Waals surface area contributed by atoms with E-state index in [1.807, 2.05) is 0 Å². The van der Waals surface area contributed by atoms with Gasteiger partial charge in [0.05, 0.1) is 5.56 Å². The minimum absolute atomic E-state index is 0.247. The summed E-state index contributed by atoms with van der Waals surface area (Å²) in [5.74, 6) is -3.39. The van der Waals surface area contributed by atoms with Crippen molar-refractivity contribution in [3.05, 3.63) is 35.4 Å². The fourth-order valence-electron chi connectivity index (χ4n) is 1.12. The molecule has 6 heteroatoms. The van der Waals surface area contributed by atoms with Crippen LogP contribution in [-0.2, 0) is 0 Å². The van der Waals surface area contributed by atoms with E-state index in [2.05, 4.69) is 14.7 Å². The van der Waals surface area contributed by atoms with Gasteiger partial charge in [0.1, 0.15) is 5.82 Å². The molecule has 0 radical (unpaired) electrons. The van der Waals surface area contributed by atoms with Crippen LogP contribution in [0.15, 0.2) is 16.7 Å². The first-order valence-electron chi connectivity index (χ1n) is 4.03. The standard InChI is InChI=1S/C9H5F3N2O/c1-4-13-9(15-14-4)6-2-5(10)3-7(11)8(6)12/h2-3H,1H3. The van der Waals surface area contributed by atoms with E-state index in [1.54, 1.807) is 0 Å². The fraction of sp³-hybridized carbons (Fsp3) is 0.111. The van der Waals surface area contributed by atoms with E-state index in [0.717, 1.165) is 6.07 Å². The average Bonchev–Trinajstić information content (AvgIpc) is 2.58. The van der Waals surface area contributed by atoms with Gasteiger partial charge in [-0.1, -0.05) is 5.16 Å². The van der Waals surface area contributed by atoms with Crippen LogP contribution in [-0.4, -0.2) is 10.1 Å². The van der Waals surface area contributed by atoms with Gasteiger partial charge in [-0.15, -0.1) is 0 Å². The summed E-state index contributed by atoms with van der Waals surface area (Å²) in [7, 11) is 0. The van der Waals surface area contributed by atoms with Crippen molar-refractivity contribution in [2.24, 2.45) is 0 Å². The Hall–Kier alpha value is -1.85. The van der Waals surface area contributed by atoms with Crippen molar-refractivity contribution >= 4 is 0 Å². The highest BCUT2D eigenvalue weighted by Gasteiger charge is 2.17. The molecule has 0 aliphatic carbocycles. The first kappa shape index (κ1) is 9.70. The van der Waals surface area contributed by atoms with Crippen molar-refractivity contribution in [2.75, 3.05) is 0 Å². The lowest BCUT2D eigenvalue weighted by Gasteiger charge is -1.98. The molecule has 15 heavy (non-hydrogen) atoms. The van der Waals surface area contributed by atoms with E-state index < -0.39 is 17.5 Å². The maximum absolute atomic E-state index is 13.2. The number of hydrogen-bond donors (Lipinski definition) is 0. The minimum atomic E-state index is -1.29. The molecule has 3 nitrogen and oxygen atoms in total. The summed E-state index contributed by atoms with van der Waals surface area (Å²) in [5.41, 5.74) is -0.381. The van der Waals surface area contributed by atoms with Crippen molar-refractivity contribution in [1.82, 2.24) is 10.1 Å². The highest BCUT2D eigenvalue weighted by molar-refractivity contribution is 5.54. The van der Waals surface area contributed by atoms with Crippen LogP contribution in [0.5, 0.6) is 0 Å². The number of aryl methyl sites for hydroxylation is 1. The summed E-state index contributed by atoms with van der Waals surface area (Å²) in [4.78, 5) is 3.67. The molecule has 0 amide bonds. The Morgan fingerprint density at radius 1 is 1.20 bits per heavy atom. The highest BCUT2D eigenvalue weighted by Crippen LogP contribution is 2.24. The van der Waals surface area contributed by atoms with Gasteiger partial charge in [0.15, 0.2) is 17.5 Å². The molecule has 0 atom stereocenters. The van der Waals surface area contributed by atoms with Crippen LogP contribution in [0.3, 0.4) is 0 Å². The Kier molecular flexibility index (Phi) is 2.18. The number of rotatable bonds is 1. The van der Waals surface area contributed by atoms with Gasteiger partial charge >= 0.3 is 0 Å². The second kappa shape index (κ2) is 3.38. The van der Waals surface area contributed by atoms with Crippen molar-refractivity contribution in [3.63, 3.8) is 0 Å². The Morgan fingerprint density at radius 2 is 1.93 bits per heavy atom. The predicted molar refractivity (Wildman–Crippen MR) is 44.3 cm³/mol. The molecule has 1 heterocycles. The van der Waals surface area contributed by atoms with E-state index in [-0.39, 0.29) is 17.3 Å². The molecule has 1 aromatic carbocycles. The Morgan fingerprint density at radius 3 is 2.53 bits per heavy atom. The van der Waals surface area contributed by atoms with Crippen molar-refractivity contribution < 1.29 is 17.7 Å². The number of benzene rings is 1. The molecule has 2 rings (SSSR count). The molecule has 0 N–H and O–H groups in total. The topological polar surface area (TPSA) is 38.9 Å². The van der Waals surface area contributed by atoms with E-state index in [1.165, 1.54) is 6.92 Å². The van der Waals surface area contributed by atoms with E-state index in [0.29, 0.717) is 6.07 Å². The normalized spacial score (nSPS) is 10.7. The van der Waals surface area contributed by atoms with Crippen molar-refractivity contribution in [1.29, 1.82) is 0 Å². The second-order valence-corrected chi connectivity index (χ2v) is 2.90. The summed E-state index contributed by atoms with van der Waals surface area (Å²) in [6, 6.07) is 1.24. The lowest BCUT2D eigenvalue weighted by molar-refractivity contribution is 0.419. The van der Waals surface area contributed by atoms with Crippen LogP contribution < -0.4 is 0 Å². The lowest BCUT2D eigenvalue weighted by Crippen LogP contribution is -1.92. The van der Waals surface area contributed by atoms with Crippen molar-refractivity contribution in [3.8, 4) is 11.5 Å². The van der Waals surface area contributed by atoms with E-state index in [4.69, 9.17) is 0 Å². The summed E-state index contributed by atoms with van der Waals surface area (Å²) >= 11 is 0. The van der Waals surface area contributed by atoms with Gasteiger partial charge in [-0.3, -0.25) is 0 Å². The first-order valence-corrected chi connectivity index (χ1v) is 4.03. The number of nitrogens with zero attached hydrogens (tertiary/aromatic N) is 2. The van der Waals surface area contributed by atoms with Crippen LogP contribution in [0.2, 0.25) is 0 Å². The molecule has 0 aliphatic rings. The Bertz CT molecular complexity index is 510. The zero-order valence-corrected chi connectivity index (χ0v) is 7.59. The Labute approximate surface area is 82.5 Å². The Balaban J connectivity index is 2.62. The maximum Gasteiger partial charge on any atom is 0.261 e. The maximum atomic E-state index is 13.2. The molecule has 0 aliphatic heterocycles. The molecule has 2 aromatic rings. The molecule has 0 fully saturated rings. The van der Waals surface area contributed by atoms with Crippen LogP contribution in [0.25, 0.3) is 11.5 Å². The molecular formula is C9H5F3N2O.